The molecule has 2 nitrogen and oxygen atoms in total. The fraction of sp³-hybridized carbons (Fsp3) is 0.917. The van der Waals surface area contributed by atoms with Crippen LogP contribution in [-0.4, -0.2) is 16.8 Å². The second kappa shape index (κ2) is 7.26. The van der Waals surface area contributed by atoms with Crippen molar-refractivity contribution in [1.82, 2.24) is 5.32 Å². The molecule has 15 heavy (non-hydrogen) atoms. The smallest absolute Gasteiger partial charge is 0.220 e. The molecule has 0 aromatic rings. The number of halogens is 1. The van der Waals surface area contributed by atoms with Gasteiger partial charge in [-0.3, -0.25) is 4.79 Å². The summed E-state index contributed by atoms with van der Waals surface area (Å²) in [4.78, 5) is 12.2. The van der Waals surface area contributed by atoms with E-state index in [9.17, 15) is 4.79 Å². The van der Waals surface area contributed by atoms with E-state index in [0.29, 0.717) is 17.3 Å². The van der Waals surface area contributed by atoms with Crippen LogP contribution in [0.5, 0.6) is 0 Å². The predicted molar refractivity (Wildman–Crippen MR) is 67.3 cm³/mol. The molecule has 1 amide bonds. The van der Waals surface area contributed by atoms with Gasteiger partial charge in [-0.1, -0.05) is 35.7 Å². The molecule has 0 aliphatic heterocycles. The zero-order valence-corrected chi connectivity index (χ0v) is 11.2. The number of alkyl halides is 1. The molecule has 0 radical (unpaired) electrons. The minimum absolute atomic E-state index is 0.251. The minimum Gasteiger partial charge on any atom is -0.353 e. The van der Waals surface area contributed by atoms with E-state index in [1.807, 2.05) is 0 Å². The first-order valence-electron chi connectivity index (χ1n) is 6.15. The van der Waals surface area contributed by atoms with Crippen molar-refractivity contribution in [2.75, 3.05) is 0 Å². The Hall–Kier alpha value is -0.0500. The molecule has 0 unspecified atom stereocenters. The van der Waals surface area contributed by atoms with E-state index in [1.54, 1.807) is 0 Å². The zero-order chi connectivity index (χ0) is 11.1. The van der Waals surface area contributed by atoms with Crippen molar-refractivity contribution in [3.63, 3.8) is 0 Å². The molecule has 1 aliphatic carbocycles. The van der Waals surface area contributed by atoms with Crippen LogP contribution in [0.4, 0.5) is 0 Å². The lowest BCUT2D eigenvalue weighted by Gasteiger charge is -2.26. The second-order valence-corrected chi connectivity index (χ2v) is 5.77. The topological polar surface area (TPSA) is 29.1 Å². The molecule has 88 valence electrons. The summed E-state index contributed by atoms with van der Waals surface area (Å²) in [6.07, 6.45) is 8.76. The third kappa shape index (κ3) is 5.55. The number of nitrogens with one attached hydrogen (secondary N) is 1. The lowest BCUT2D eigenvalue weighted by atomic mass is 9.95. The van der Waals surface area contributed by atoms with E-state index in [-0.39, 0.29) is 5.91 Å². The molecule has 1 saturated carbocycles. The molecule has 0 bridgehead atoms. The summed E-state index contributed by atoms with van der Waals surface area (Å²) in [5.41, 5.74) is 0. The molecule has 1 N–H and O–H groups in total. The van der Waals surface area contributed by atoms with Crippen LogP contribution in [-0.2, 0) is 4.79 Å². The van der Waals surface area contributed by atoms with Crippen LogP contribution in [0, 0.1) is 0 Å². The van der Waals surface area contributed by atoms with Gasteiger partial charge in [0.25, 0.3) is 0 Å². The minimum atomic E-state index is 0.251. The van der Waals surface area contributed by atoms with Gasteiger partial charge in [-0.05, 0) is 32.1 Å². The van der Waals surface area contributed by atoms with Gasteiger partial charge in [0.2, 0.25) is 5.91 Å². The number of carbonyl (C=O) groups is 1. The van der Waals surface area contributed by atoms with Gasteiger partial charge < -0.3 is 5.32 Å². The first-order chi connectivity index (χ1) is 7.22. The third-order valence-corrected chi connectivity index (χ3v) is 3.94. The van der Waals surface area contributed by atoms with Crippen LogP contribution in [0.15, 0.2) is 0 Å². The Labute approximate surface area is 101 Å². The molecule has 0 heterocycles. The molecular weight excluding hydrogens is 254 g/mol. The van der Waals surface area contributed by atoms with Crippen molar-refractivity contribution in [3.8, 4) is 0 Å². The quantitative estimate of drug-likeness (QED) is 0.605. The predicted octanol–water partition coefficient (Wildman–Crippen LogP) is 3.39. The molecule has 0 saturated heterocycles. The number of carbonyl (C=O) groups excluding carboxylic acids is 1. The monoisotopic (exact) mass is 275 g/mol. The van der Waals surface area contributed by atoms with Crippen LogP contribution >= 0.6 is 15.9 Å². The summed E-state index contributed by atoms with van der Waals surface area (Å²) in [7, 11) is 0. The van der Waals surface area contributed by atoms with E-state index in [2.05, 4.69) is 28.2 Å². The maximum atomic E-state index is 11.5. The molecule has 0 atom stereocenters. The Morgan fingerprint density at radius 3 is 2.53 bits per heavy atom. The van der Waals surface area contributed by atoms with Crippen molar-refractivity contribution in [1.29, 1.82) is 0 Å². The SMILES string of the molecule is CCCCCC(=O)NC1CCC(Br)CC1. The highest BCUT2D eigenvalue weighted by atomic mass is 79.9. The Morgan fingerprint density at radius 1 is 1.27 bits per heavy atom. The molecule has 0 spiro atoms. The van der Waals surface area contributed by atoms with Gasteiger partial charge in [0.05, 0.1) is 0 Å². The van der Waals surface area contributed by atoms with Crippen molar-refractivity contribution in [3.05, 3.63) is 0 Å². The summed E-state index contributed by atoms with van der Waals surface area (Å²) < 4.78 is 0. The molecule has 0 aromatic heterocycles. The van der Waals surface area contributed by atoms with E-state index >= 15 is 0 Å². The van der Waals surface area contributed by atoms with Crippen molar-refractivity contribution in [2.45, 2.75) is 69.2 Å². The van der Waals surface area contributed by atoms with E-state index < -0.39 is 0 Å². The van der Waals surface area contributed by atoms with Crippen LogP contribution < -0.4 is 5.32 Å². The van der Waals surface area contributed by atoms with Gasteiger partial charge in [-0.2, -0.15) is 0 Å². The number of rotatable bonds is 5. The first-order valence-corrected chi connectivity index (χ1v) is 7.07. The Bertz CT molecular complexity index is 188. The standard InChI is InChI=1S/C12H22BrNO/c1-2-3-4-5-12(15)14-11-8-6-10(13)7-9-11/h10-11H,2-9H2,1H3,(H,14,15). The lowest BCUT2D eigenvalue weighted by molar-refractivity contribution is -0.122. The second-order valence-electron chi connectivity index (χ2n) is 4.47. The molecule has 3 heteroatoms. The van der Waals surface area contributed by atoms with Gasteiger partial charge in [0.15, 0.2) is 0 Å². The number of amides is 1. The maximum Gasteiger partial charge on any atom is 0.220 e. The summed E-state index contributed by atoms with van der Waals surface area (Å²) >= 11 is 3.62. The molecule has 0 aromatic carbocycles. The molecule has 1 aliphatic rings. The van der Waals surface area contributed by atoms with Gasteiger partial charge in [0.1, 0.15) is 0 Å². The van der Waals surface area contributed by atoms with Crippen LogP contribution in [0.1, 0.15) is 58.3 Å². The summed E-state index contributed by atoms with van der Waals surface area (Å²) in [5.74, 6) is 0.251. The molecular formula is C12H22BrNO. The van der Waals surface area contributed by atoms with Gasteiger partial charge >= 0.3 is 0 Å². The van der Waals surface area contributed by atoms with Crippen LogP contribution in [0.25, 0.3) is 0 Å². The fourth-order valence-corrected chi connectivity index (χ4v) is 2.56. The van der Waals surface area contributed by atoms with E-state index in [4.69, 9.17) is 0 Å². The Kier molecular flexibility index (Phi) is 6.30. The van der Waals surface area contributed by atoms with E-state index in [1.165, 1.54) is 25.7 Å². The summed E-state index contributed by atoms with van der Waals surface area (Å²) in [6, 6.07) is 0.438. The van der Waals surface area contributed by atoms with Crippen LogP contribution in [0.3, 0.4) is 0 Å². The normalized spacial score (nSPS) is 26.3. The largest absolute Gasteiger partial charge is 0.353 e. The summed E-state index contributed by atoms with van der Waals surface area (Å²) in [6.45, 7) is 2.16. The fourth-order valence-electron chi connectivity index (χ4n) is 2.03. The van der Waals surface area contributed by atoms with Gasteiger partial charge in [-0.15, -0.1) is 0 Å². The number of hydrogen-bond acceptors (Lipinski definition) is 1. The first kappa shape index (κ1) is 13.0. The van der Waals surface area contributed by atoms with Crippen LogP contribution in [0.2, 0.25) is 0 Å². The van der Waals surface area contributed by atoms with Gasteiger partial charge in [-0.25, -0.2) is 0 Å². The average Bonchev–Trinajstić information content (AvgIpc) is 2.22. The number of unbranched alkanes of at least 4 members (excludes halogenated alkanes) is 2. The highest BCUT2D eigenvalue weighted by molar-refractivity contribution is 9.09. The Morgan fingerprint density at radius 2 is 1.93 bits per heavy atom. The maximum absolute atomic E-state index is 11.5. The molecule has 1 fully saturated rings. The van der Waals surface area contributed by atoms with Crippen molar-refractivity contribution < 1.29 is 4.79 Å². The zero-order valence-electron chi connectivity index (χ0n) is 9.60. The average molecular weight is 276 g/mol. The Balaban J connectivity index is 2.09. The van der Waals surface area contributed by atoms with E-state index in [0.717, 1.165) is 19.3 Å². The lowest BCUT2D eigenvalue weighted by Crippen LogP contribution is -2.37. The highest BCUT2D eigenvalue weighted by Gasteiger charge is 2.20. The summed E-state index contributed by atoms with van der Waals surface area (Å²) in [5, 5.41) is 3.14. The number of hydrogen-bond donors (Lipinski definition) is 1. The van der Waals surface area contributed by atoms with Crippen molar-refractivity contribution >= 4 is 21.8 Å². The highest BCUT2D eigenvalue weighted by Crippen LogP contribution is 2.24. The molecule has 1 rings (SSSR count). The van der Waals surface area contributed by atoms with Gasteiger partial charge in [0, 0.05) is 17.3 Å². The van der Waals surface area contributed by atoms with Crippen molar-refractivity contribution in [2.24, 2.45) is 0 Å². The third-order valence-electron chi connectivity index (χ3n) is 3.03.